The lowest BCUT2D eigenvalue weighted by Gasteiger charge is -2.38. The second-order valence-electron chi connectivity index (χ2n) is 6.55. The van der Waals surface area contributed by atoms with Crippen LogP contribution in [0.3, 0.4) is 0 Å². The van der Waals surface area contributed by atoms with E-state index in [1.807, 2.05) is 24.3 Å². The minimum absolute atomic E-state index is 0.630. The first-order valence-corrected chi connectivity index (χ1v) is 8.59. The normalized spacial score (nSPS) is 20.7. The first-order chi connectivity index (χ1) is 11.2. The second-order valence-corrected chi connectivity index (χ2v) is 6.55. The van der Waals surface area contributed by atoms with Gasteiger partial charge < -0.3 is 15.2 Å². The average molecular weight is 318 g/mol. The van der Waals surface area contributed by atoms with Gasteiger partial charge in [0.15, 0.2) is 0 Å². The Morgan fingerprint density at radius 1 is 1.22 bits per heavy atom. The number of nitrogens with one attached hydrogen (secondary N) is 1. The Bertz CT molecular complexity index is 520. The summed E-state index contributed by atoms with van der Waals surface area (Å²) in [5.74, 6) is -0.685. The third-order valence-corrected chi connectivity index (χ3v) is 5.14. The predicted octanol–water partition coefficient (Wildman–Crippen LogP) is 2.33. The quantitative estimate of drug-likeness (QED) is 0.756. The van der Waals surface area contributed by atoms with Gasteiger partial charge in [-0.1, -0.05) is 18.6 Å². The van der Waals surface area contributed by atoms with Gasteiger partial charge in [0.05, 0.1) is 18.6 Å². The smallest absolute Gasteiger partial charge is 0.314 e. The van der Waals surface area contributed by atoms with Gasteiger partial charge in [-0.15, -0.1) is 0 Å². The highest BCUT2D eigenvalue weighted by molar-refractivity contribution is 5.82. The SMILES string of the molecule is O=C(O)C1(c2ccc(NCCCN3CCOCC3)cc2)CCC1. The highest BCUT2D eigenvalue weighted by Gasteiger charge is 2.45. The van der Waals surface area contributed by atoms with Gasteiger partial charge in [0, 0.05) is 25.3 Å². The van der Waals surface area contributed by atoms with E-state index >= 15 is 0 Å². The van der Waals surface area contributed by atoms with Crippen LogP contribution in [0.5, 0.6) is 0 Å². The molecule has 0 atom stereocenters. The van der Waals surface area contributed by atoms with Crippen LogP contribution in [0, 0.1) is 0 Å². The van der Waals surface area contributed by atoms with E-state index in [1.54, 1.807) is 0 Å². The molecule has 1 saturated heterocycles. The summed E-state index contributed by atoms with van der Waals surface area (Å²) in [5, 5.41) is 12.9. The number of rotatable bonds is 7. The van der Waals surface area contributed by atoms with Gasteiger partial charge in [0.25, 0.3) is 0 Å². The topological polar surface area (TPSA) is 61.8 Å². The van der Waals surface area contributed by atoms with Crippen molar-refractivity contribution < 1.29 is 14.6 Å². The summed E-state index contributed by atoms with van der Waals surface area (Å²) >= 11 is 0. The molecular formula is C18H26N2O3. The molecule has 126 valence electrons. The first-order valence-electron chi connectivity index (χ1n) is 8.59. The summed E-state index contributed by atoms with van der Waals surface area (Å²) in [7, 11) is 0. The standard InChI is InChI=1S/C18H26N2O3/c21-17(22)18(7-1-8-18)15-3-5-16(6-4-15)19-9-2-10-20-11-13-23-14-12-20/h3-6,19H,1-2,7-14H2,(H,21,22). The van der Waals surface area contributed by atoms with Crippen molar-refractivity contribution in [3.05, 3.63) is 29.8 Å². The van der Waals surface area contributed by atoms with E-state index in [2.05, 4.69) is 10.2 Å². The Kier molecular flexibility index (Phi) is 5.18. The van der Waals surface area contributed by atoms with E-state index < -0.39 is 11.4 Å². The lowest BCUT2D eigenvalue weighted by molar-refractivity contribution is -0.147. The monoisotopic (exact) mass is 318 g/mol. The number of carboxylic acid groups (broad SMARTS) is 1. The number of aliphatic carboxylic acids is 1. The Hall–Kier alpha value is -1.59. The second kappa shape index (κ2) is 7.32. The van der Waals surface area contributed by atoms with Gasteiger partial charge in [-0.25, -0.2) is 0 Å². The number of anilines is 1. The van der Waals surface area contributed by atoms with Gasteiger partial charge in [-0.2, -0.15) is 0 Å². The van der Waals surface area contributed by atoms with Crippen molar-refractivity contribution in [1.82, 2.24) is 4.90 Å². The van der Waals surface area contributed by atoms with Crippen LogP contribution in [0.1, 0.15) is 31.2 Å². The zero-order chi connectivity index (χ0) is 16.1. The molecule has 1 aliphatic carbocycles. The van der Waals surface area contributed by atoms with Crippen molar-refractivity contribution in [2.75, 3.05) is 44.7 Å². The van der Waals surface area contributed by atoms with Gasteiger partial charge in [-0.05, 0) is 43.5 Å². The number of morpholine rings is 1. The third kappa shape index (κ3) is 3.67. The molecule has 0 amide bonds. The molecule has 0 aromatic heterocycles. The molecule has 0 radical (unpaired) electrons. The van der Waals surface area contributed by atoms with Crippen LogP contribution in [0.25, 0.3) is 0 Å². The molecule has 2 aliphatic rings. The van der Waals surface area contributed by atoms with Crippen molar-refractivity contribution in [3.63, 3.8) is 0 Å². The summed E-state index contributed by atoms with van der Waals surface area (Å²) < 4.78 is 5.35. The Morgan fingerprint density at radius 2 is 1.91 bits per heavy atom. The molecular weight excluding hydrogens is 292 g/mol. The molecule has 23 heavy (non-hydrogen) atoms. The highest BCUT2D eigenvalue weighted by Crippen LogP contribution is 2.44. The van der Waals surface area contributed by atoms with Gasteiger partial charge in [-0.3, -0.25) is 9.69 Å². The summed E-state index contributed by atoms with van der Waals surface area (Å²) in [6.07, 6.45) is 3.62. The number of ether oxygens (including phenoxy) is 1. The van der Waals surface area contributed by atoms with Crippen LogP contribution >= 0.6 is 0 Å². The van der Waals surface area contributed by atoms with Gasteiger partial charge >= 0.3 is 5.97 Å². The van der Waals surface area contributed by atoms with Crippen LogP contribution in [0.4, 0.5) is 5.69 Å². The van der Waals surface area contributed by atoms with Crippen molar-refractivity contribution in [2.24, 2.45) is 0 Å². The molecule has 2 N–H and O–H groups in total. The molecule has 0 unspecified atom stereocenters. The molecule has 0 bridgehead atoms. The number of hydrogen-bond donors (Lipinski definition) is 2. The first kappa shape index (κ1) is 16.3. The van der Waals surface area contributed by atoms with Crippen LogP contribution in [-0.4, -0.2) is 55.4 Å². The Balaban J connectivity index is 1.45. The van der Waals surface area contributed by atoms with E-state index in [0.29, 0.717) is 0 Å². The molecule has 5 heteroatoms. The Morgan fingerprint density at radius 3 is 2.48 bits per heavy atom. The lowest BCUT2D eigenvalue weighted by Crippen LogP contribution is -2.42. The molecule has 1 aliphatic heterocycles. The Labute approximate surface area is 137 Å². The summed E-state index contributed by atoms with van der Waals surface area (Å²) in [5.41, 5.74) is 1.38. The van der Waals surface area contributed by atoms with Crippen LogP contribution in [-0.2, 0) is 14.9 Å². The molecule has 1 saturated carbocycles. The van der Waals surface area contributed by atoms with Crippen molar-refractivity contribution in [3.8, 4) is 0 Å². The number of nitrogens with zero attached hydrogens (tertiary/aromatic N) is 1. The third-order valence-electron chi connectivity index (χ3n) is 5.14. The maximum Gasteiger partial charge on any atom is 0.314 e. The maximum absolute atomic E-state index is 11.5. The molecule has 1 heterocycles. The summed E-state index contributed by atoms with van der Waals surface area (Å²) in [6.45, 7) is 5.79. The fourth-order valence-electron chi connectivity index (χ4n) is 3.42. The molecule has 2 fully saturated rings. The van der Waals surface area contributed by atoms with E-state index in [9.17, 15) is 9.90 Å². The maximum atomic E-state index is 11.5. The average Bonchev–Trinajstić information content (AvgIpc) is 2.52. The van der Waals surface area contributed by atoms with Crippen LogP contribution in [0.15, 0.2) is 24.3 Å². The van der Waals surface area contributed by atoms with E-state index in [-0.39, 0.29) is 0 Å². The number of benzene rings is 1. The lowest BCUT2D eigenvalue weighted by atomic mass is 9.64. The number of hydrogen-bond acceptors (Lipinski definition) is 4. The summed E-state index contributed by atoms with van der Waals surface area (Å²) in [4.78, 5) is 14.0. The van der Waals surface area contributed by atoms with Crippen molar-refractivity contribution in [2.45, 2.75) is 31.1 Å². The molecule has 1 aromatic rings. The van der Waals surface area contributed by atoms with Crippen molar-refractivity contribution >= 4 is 11.7 Å². The minimum Gasteiger partial charge on any atom is -0.481 e. The summed E-state index contributed by atoms with van der Waals surface area (Å²) in [6, 6.07) is 7.95. The van der Waals surface area contributed by atoms with Gasteiger partial charge in [0.1, 0.15) is 0 Å². The minimum atomic E-state index is -0.685. The molecule has 3 rings (SSSR count). The van der Waals surface area contributed by atoms with E-state index in [1.165, 1.54) is 0 Å². The van der Waals surface area contributed by atoms with E-state index in [4.69, 9.17) is 4.74 Å². The molecule has 0 spiro atoms. The van der Waals surface area contributed by atoms with Crippen LogP contribution in [0.2, 0.25) is 0 Å². The molecule has 1 aromatic carbocycles. The fourth-order valence-corrected chi connectivity index (χ4v) is 3.42. The van der Waals surface area contributed by atoms with Crippen molar-refractivity contribution in [1.29, 1.82) is 0 Å². The largest absolute Gasteiger partial charge is 0.481 e. The van der Waals surface area contributed by atoms with Crippen LogP contribution < -0.4 is 5.32 Å². The highest BCUT2D eigenvalue weighted by atomic mass is 16.5. The van der Waals surface area contributed by atoms with E-state index in [0.717, 1.165) is 76.3 Å². The van der Waals surface area contributed by atoms with Gasteiger partial charge in [0.2, 0.25) is 0 Å². The predicted molar refractivity (Wildman–Crippen MR) is 90.0 cm³/mol. The number of carbonyl (C=O) groups is 1. The molecule has 5 nitrogen and oxygen atoms in total. The zero-order valence-corrected chi connectivity index (χ0v) is 13.6. The zero-order valence-electron chi connectivity index (χ0n) is 13.6. The number of carboxylic acids is 1. The fraction of sp³-hybridized carbons (Fsp3) is 0.611.